The Hall–Kier alpha value is 0.335. The molecular formula is C6H16BNOS. The van der Waals surface area contributed by atoms with Gasteiger partial charge >= 0.3 is 0 Å². The van der Waals surface area contributed by atoms with Gasteiger partial charge in [-0.15, -0.1) is 0 Å². The third-order valence-electron chi connectivity index (χ3n) is 0.848. The number of methoxy groups -OCH3 is 1. The molecule has 2 radical (unpaired) electrons. The van der Waals surface area contributed by atoms with Crippen LogP contribution in [0.3, 0.4) is 0 Å². The minimum absolute atomic E-state index is 0.518. The van der Waals surface area contributed by atoms with Crippen molar-refractivity contribution in [2.24, 2.45) is 0 Å². The number of hydrogen-bond donors (Lipinski definition) is 0. The molecule has 0 aromatic carbocycles. The summed E-state index contributed by atoms with van der Waals surface area (Å²) in [5.41, 5.74) is 0. The molecule has 0 aliphatic heterocycles. The molecular weight excluding hydrogens is 145 g/mol. The quantitative estimate of drug-likeness (QED) is 0.442. The first-order valence-corrected chi connectivity index (χ1v) is 6.13. The molecule has 0 bridgehead atoms. The van der Waals surface area contributed by atoms with Crippen molar-refractivity contribution in [1.82, 2.24) is 4.81 Å². The van der Waals surface area contributed by atoms with Gasteiger partial charge in [0.1, 0.15) is 0 Å². The molecule has 10 heavy (non-hydrogen) atoms. The fourth-order valence-corrected chi connectivity index (χ4v) is 1.77. The van der Waals surface area contributed by atoms with Gasteiger partial charge in [0.25, 0.3) is 0 Å². The molecule has 0 amide bonds. The van der Waals surface area contributed by atoms with E-state index in [2.05, 4.69) is 18.8 Å². The minimum atomic E-state index is -0.525. The average Bonchev–Trinajstić information content (AvgIpc) is 1.59. The van der Waals surface area contributed by atoms with Crippen molar-refractivity contribution < 1.29 is 4.74 Å². The highest BCUT2D eigenvalue weighted by Gasteiger charge is 2.06. The van der Waals surface area contributed by atoms with Gasteiger partial charge in [0.15, 0.2) is 7.98 Å². The van der Waals surface area contributed by atoms with Crippen molar-refractivity contribution in [3.05, 3.63) is 0 Å². The molecule has 0 saturated heterocycles. The monoisotopic (exact) mass is 161 g/mol. The van der Waals surface area contributed by atoms with Crippen molar-refractivity contribution in [3.63, 3.8) is 0 Å². The van der Waals surface area contributed by atoms with Gasteiger partial charge in [-0.1, -0.05) is 0 Å². The molecule has 0 aromatic rings. The smallest absolute Gasteiger partial charge is 0.186 e. The molecule has 0 aliphatic carbocycles. The molecule has 0 spiro atoms. The highest BCUT2D eigenvalue weighted by atomic mass is 32.3. The zero-order valence-corrected chi connectivity index (χ0v) is 8.07. The first-order valence-electron chi connectivity index (χ1n) is 3.10. The van der Waals surface area contributed by atoms with Crippen LogP contribution in [-0.4, -0.2) is 51.3 Å². The lowest BCUT2D eigenvalue weighted by Gasteiger charge is -2.31. The minimum Gasteiger partial charge on any atom is -0.370 e. The van der Waals surface area contributed by atoms with Crippen LogP contribution < -0.4 is 0 Å². The summed E-state index contributed by atoms with van der Waals surface area (Å²) in [6.45, 7) is 0.518. The molecule has 0 aliphatic rings. The summed E-state index contributed by atoms with van der Waals surface area (Å²) < 4.78 is 4.86. The molecule has 60 valence electrons. The second kappa shape index (κ2) is 4.26. The number of rotatable bonds is 4. The number of hydrogen-bond acceptors (Lipinski definition) is 2. The van der Waals surface area contributed by atoms with Crippen LogP contribution >= 0.6 is 10.0 Å². The summed E-state index contributed by atoms with van der Waals surface area (Å²) >= 11 is 0. The van der Waals surface area contributed by atoms with Crippen molar-refractivity contribution in [3.8, 4) is 0 Å². The number of ether oxygens (including phenoxy) is 1. The first kappa shape index (κ1) is 10.3. The van der Waals surface area contributed by atoms with E-state index in [1.165, 1.54) is 0 Å². The molecule has 0 saturated carbocycles. The van der Waals surface area contributed by atoms with E-state index in [9.17, 15) is 0 Å². The summed E-state index contributed by atoms with van der Waals surface area (Å²) in [5.74, 6) is 0.931. The molecule has 0 unspecified atom stereocenters. The van der Waals surface area contributed by atoms with Crippen LogP contribution in [0.1, 0.15) is 0 Å². The van der Waals surface area contributed by atoms with E-state index in [1.54, 1.807) is 11.9 Å². The van der Waals surface area contributed by atoms with Crippen molar-refractivity contribution in [2.75, 3.05) is 38.5 Å². The van der Waals surface area contributed by atoms with Gasteiger partial charge in [-0.25, -0.2) is 10.0 Å². The lowest BCUT2D eigenvalue weighted by Crippen LogP contribution is -2.26. The van der Waals surface area contributed by atoms with Crippen LogP contribution in [0.25, 0.3) is 0 Å². The van der Waals surface area contributed by atoms with Crippen LogP contribution in [-0.2, 0) is 4.74 Å². The van der Waals surface area contributed by atoms with Crippen molar-refractivity contribution in [1.29, 1.82) is 0 Å². The third-order valence-corrected chi connectivity index (χ3v) is 1.95. The molecule has 0 atom stereocenters. The Morgan fingerprint density at radius 2 is 1.90 bits per heavy atom. The Morgan fingerprint density at radius 3 is 2.20 bits per heavy atom. The van der Waals surface area contributed by atoms with Gasteiger partial charge in [0.2, 0.25) is 0 Å². The van der Waals surface area contributed by atoms with Gasteiger partial charge in [-0.05, 0) is 18.8 Å². The lowest BCUT2D eigenvalue weighted by molar-refractivity contribution is 0.129. The van der Waals surface area contributed by atoms with E-state index in [4.69, 9.17) is 12.7 Å². The molecule has 4 heteroatoms. The zero-order chi connectivity index (χ0) is 8.20. The largest absolute Gasteiger partial charge is 0.370 e. The van der Waals surface area contributed by atoms with E-state index < -0.39 is 10.0 Å². The van der Waals surface area contributed by atoms with E-state index in [-0.39, 0.29) is 0 Å². The maximum atomic E-state index is 5.60. The maximum absolute atomic E-state index is 5.60. The van der Waals surface area contributed by atoms with Gasteiger partial charge in [-0.2, -0.15) is 0 Å². The standard InChI is InChI=1S/C6H16BNOS/c1-9-5-8(7)6-10(2,3)4/h5-6H2,1-4H3. The summed E-state index contributed by atoms with van der Waals surface area (Å²) in [7, 11) is 6.73. The topological polar surface area (TPSA) is 12.5 Å². The Kier molecular flexibility index (Phi) is 4.41. The predicted molar refractivity (Wildman–Crippen MR) is 49.7 cm³/mol. The summed E-state index contributed by atoms with van der Waals surface area (Å²) in [6.07, 6.45) is 6.67. The molecule has 0 heterocycles. The van der Waals surface area contributed by atoms with Crippen LogP contribution in [0.4, 0.5) is 0 Å². The fourth-order valence-electron chi connectivity index (χ4n) is 0.701. The Bertz CT molecular complexity index is 94.2. The van der Waals surface area contributed by atoms with Gasteiger partial charge < -0.3 is 9.55 Å². The van der Waals surface area contributed by atoms with Gasteiger partial charge in [0.05, 0.1) is 6.73 Å². The summed E-state index contributed by atoms with van der Waals surface area (Å²) in [6, 6.07) is 0. The lowest BCUT2D eigenvalue weighted by atomic mass is 10.4. The molecule has 0 aromatic heterocycles. The normalized spacial score (nSPS) is 14.1. The molecule has 0 rings (SSSR count). The highest BCUT2D eigenvalue weighted by molar-refractivity contribution is 8.32. The number of nitrogens with zero attached hydrogens (tertiary/aromatic N) is 1. The van der Waals surface area contributed by atoms with Crippen LogP contribution in [0.15, 0.2) is 0 Å². The second-order valence-electron chi connectivity index (χ2n) is 3.23. The van der Waals surface area contributed by atoms with Gasteiger partial charge in [-0.3, -0.25) is 0 Å². The second-order valence-corrected chi connectivity index (χ2v) is 7.67. The molecule has 0 N–H and O–H groups in total. The first-order chi connectivity index (χ1) is 4.45. The van der Waals surface area contributed by atoms with Crippen molar-refractivity contribution in [2.45, 2.75) is 0 Å². The maximum Gasteiger partial charge on any atom is 0.186 e. The third kappa shape index (κ3) is 6.45. The fraction of sp³-hybridized carbons (Fsp3) is 1.00. The molecule has 0 fully saturated rings. The van der Waals surface area contributed by atoms with Crippen LogP contribution in [0.5, 0.6) is 0 Å². The van der Waals surface area contributed by atoms with Gasteiger partial charge in [0, 0.05) is 13.0 Å². The Morgan fingerprint density at radius 1 is 1.40 bits per heavy atom. The molecule has 2 nitrogen and oxygen atoms in total. The Labute approximate surface area is 66.7 Å². The van der Waals surface area contributed by atoms with E-state index in [0.717, 1.165) is 5.88 Å². The highest BCUT2D eigenvalue weighted by Crippen LogP contribution is 2.34. The van der Waals surface area contributed by atoms with E-state index in [1.807, 2.05) is 0 Å². The van der Waals surface area contributed by atoms with Crippen LogP contribution in [0.2, 0.25) is 0 Å². The van der Waals surface area contributed by atoms with E-state index >= 15 is 0 Å². The summed E-state index contributed by atoms with van der Waals surface area (Å²) in [5, 5.41) is 0. The van der Waals surface area contributed by atoms with Crippen LogP contribution in [0, 0.1) is 0 Å². The average molecular weight is 161 g/mol. The Balaban J connectivity index is 3.47. The summed E-state index contributed by atoms with van der Waals surface area (Å²) in [4.78, 5) is 1.70. The van der Waals surface area contributed by atoms with E-state index in [0.29, 0.717) is 6.73 Å². The SMILES string of the molecule is [B]N(COC)CS(C)(C)C. The van der Waals surface area contributed by atoms with Crippen molar-refractivity contribution >= 4 is 18.0 Å². The predicted octanol–water partition coefficient (Wildman–Crippen LogP) is 0.627. The zero-order valence-electron chi connectivity index (χ0n) is 7.26.